The van der Waals surface area contributed by atoms with E-state index in [1.807, 2.05) is 25.1 Å². The Morgan fingerprint density at radius 3 is 2.27 bits per heavy atom. The van der Waals surface area contributed by atoms with E-state index < -0.39 is 33.5 Å². The Labute approximate surface area is 334 Å². The third kappa shape index (κ3) is 7.69. The van der Waals surface area contributed by atoms with Crippen LogP contribution in [0.3, 0.4) is 0 Å². The number of ether oxygens (including phenoxy) is 3. The summed E-state index contributed by atoms with van der Waals surface area (Å²) in [6.45, 7) is 5.71. The lowest BCUT2D eigenvalue weighted by atomic mass is 9.65. The summed E-state index contributed by atoms with van der Waals surface area (Å²) in [7, 11) is -3.99. The summed E-state index contributed by atoms with van der Waals surface area (Å²) in [5.41, 5.74) is 4.03. The highest BCUT2D eigenvalue weighted by molar-refractivity contribution is 7.90. The number of hydrogen-bond acceptors (Lipinski definition) is 9. The first-order valence-corrected chi connectivity index (χ1v) is 22.0. The van der Waals surface area contributed by atoms with Crippen molar-refractivity contribution in [3.63, 3.8) is 0 Å². The van der Waals surface area contributed by atoms with Gasteiger partial charge in [-0.3, -0.25) is 19.3 Å². The molecule has 0 spiro atoms. The van der Waals surface area contributed by atoms with Gasteiger partial charge in [0.05, 0.1) is 41.3 Å². The molecule has 298 valence electrons. The number of aryl methyl sites for hydroxylation is 1. The number of halogens is 1. The third-order valence-electron chi connectivity index (χ3n) is 12.9. The molecule has 1 aliphatic carbocycles. The fraction of sp³-hybridized carbons (Fsp3) is 0.512. The van der Waals surface area contributed by atoms with E-state index in [4.69, 9.17) is 25.8 Å². The number of carbonyl (C=O) groups is 3. The minimum atomic E-state index is -3.99. The van der Waals surface area contributed by atoms with Gasteiger partial charge >= 0.3 is 0 Å². The summed E-state index contributed by atoms with van der Waals surface area (Å²) in [6.07, 6.45) is 6.32. The second-order valence-electron chi connectivity index (χ2n) is 16.3. The van der Waals surface area contributed by atoms with Crippen LogP contribution in [0.25, 0.3) is 0 Å². The molecule has 5 aliphatic rings. The molecule has 1 saturated carbocycles. The number of hydrogen-bond donors (Lipinski definition) is 1. The molecule has 1 saturated heterocycles. The van der Waals surface area contributed by atoms with Gasteiger partial charge in [0.1, 0.15) is 12.4 Å². The zero-order chi connectivity index (χ0) is 39.1. The molecule has 2 fully saturated rings. The summed E-state index contributed by atoms with van der Waals surface area (Å²) in [4.78, 5) is 43.7. The van der Waals surface area contributed by atoms with Gasteiger partial charge in [-0.25, -0.2) is 13.1 Å². The summed E-state index contributed by atoms with van der Waals surface area (Å²) in [5, 5.41) is -0.111. The van der Waals surface area contributed by atoms with Crippen LogP contribution in [0.2, 0.25) is 5.02 Å². The highest BCUT2D eigenvalue weighted by Crippen LogP contribution is 2.46. The van der Waals surface area contributed by atoms with Crippen LogP contribution in [-0.4, -0.2) is 74.9 Å². The van der Waals surface area contributed by atoms with E-state index >= 15 is 0 Å². The lowest BCUT2D eigenvalue weighted by Gasteiger charge is -2.48. The average Bonchev–Trinajstić information content (AvgIpc) is 3.42. The minimum absolute atomic E-state index is 0.0221. The van der Waals surface area contributed by atoms with Crippen LogP contribution in [0.15, 0.2) is 60.7 Å². The number of anilines is 1. The maximum absolute atomic E-state index is 13.6. The molecule has 3 aromatic rings. The van der Waals surface area contributed by atoms with E-state index in [0.717, 1.165) is 74.8 Å². The van der Waals surface area contributed by atoms with Gasteiger partial charge in [0.15, 0.2) is 6.29 Å². The van der Waals surface area contributed by atoms with Crippen molar-refractivity contribution in [1.82, 2.24) is 9.62 Å². The molecule has 3 aromatic carbocycles. The van der Waals surface area contributed by atoms with Crippen molar-refractivity contribution in [2.45, 2.75) is 89.4 Å². The van der Waals surface area contributed by atoms with Gasteiger partial charge in [0, 0.05) is 29.6 Å². The molecule has 13 heteroatoms. The van der Waals surface area contributed by atoms with Gasteiger partial charge in [-0.05, 0) is 123 Å². The normalized spacial score (nSPS) is 29.8. The van der Waals surface area contributed by atoms with Gasteiger partial charge in [-0.1, -0.05) is 43.1 Å². The molecule has 56 heavy (non-hydrogen) atoms. The van der Waals surface area contributed by atoms with Crippen LogP contribution in [0.5, 0.6) is 5.75 Å². The van der Waals surface area contributed by atoms with Crippen molar-refractivity contribution in [3.8, 4) is 5.75 Å². The molecular formula is C43H50ClN3O8S. The van der Waals surface area contributed by atoms with Crippen LogP contribution >= 0.6 is 11.6 Å². The highest BCUT2D eigenvalue weighted by Gasteiger charge is 2.46. The zero-order valence-corrected chi connectivity index (χ0v) is 33.5. The molecule has 0 unspecified atom stereocenters. The molecule has 8 rings (SSSR count). The lowest BCUT2D eigenvalue weighted by molar-refractivity contribution is -0.237. The van der Waals surface area contributed by atoms with E-state index in [1.54, 1.807) is 49.4 Å². The molecule has 4 heterocycles. The van der Waals surface area contributed by atoms with Gasteiger partial charge in [-0.2, -0.15) is 0 Å². The Morgan fingerprint density at radius 2 is 1.55 bits per heavy atom. The Bertz CT molecular complexity index is 2070. The summed E-state index contributed by atoms with van der Waals surface area (Å²) >= 11 is 6.39. The average molecular weight is 804 g/mol. The van der Waals surface area contributed by atoms with Crippen molar-refractivity contribution in [2.75, 3.05) is 31.2 Å². The Morgan fingerprint density at radius 1 is 0.804 bits per heavy atom. The molecule has 2 bridgehead atoms. The summed E-state index contributed by atoms with van der Waals surface area (Å²) < 4.78 is 49.0. The lowest BCUT2D eigenvalue weighted by Crippen LogP contribution is -2.53. The molecular weight excluding hydrogens is 754 g/mol. The van der Waals surface area contributed by atoms with E-state index in [0.29, 0.717) is 40.8 Å². The second-order valence-corrected chi connectivity index (χ2v) is 18.7. The Hall–Kier alpha value is -3.97. The second kappa shape index (κ2) is 16.1. The first kappa shape index (κ1) is 38.9. The molecule has 11 nitrogen and oxygen atoms in total. The first-order valence-electron chi connectivity index (χ1n) is 20.0. The van der Waals surface area contributed by atoms with Gasteiger partial charge in [0.25, 0.3) is 17.7 Å². The fourth-order valence-corrected chi connectivity index (χ4v) is 10.7. The van der Waals surface area contributed by atoms with Crippen LogP contribution in [0.4, 0.5) is 5.69 Å². The third-order valence-corrected chi connectivity index (χ3v) is 15.0. The van der Waals surface area contributed by atoms with E-state index in [2.05, 4.69) is 9.62 Å². The van der Waals surface area contributed by atoms with Gasteiger partial charge in [0.2, 0.25) is 10.0 Å². The first-order chi connectivity index (χ1) is 27.0. The maximum atomic E-state index is 13.6. The number of nitrogens with zero attached hydrogens (tertiary/aromatic N) is 2. The topological polar surface area (TPSA) is 132 Å². The quantitative estimate of drug-likeness (QED) is 0.272. The molecule has 5 atom stereocenters. The van der Waals surface area contributed by atoms with Crippen LogP contribution in [0, 0.1) is 23.7 Å². The predicted molar refractivity (Wildman–Crippen MR) is 212 cm³/mol. The molecule has 4 aliphatic heterocycles. The van der Waals surface area contributed by atoms with E-state index in [1.165, 1.54) is 4.90 Å². The number of sulfonamides is 1. The summed E-state index contributed by atoms with van der Waals surface area (Å²) in [5.74, 6) is -0.301. The Kier molecular flexibility index (Phi) is 11.2. The largest absolute Gasteiger partial charge is 0.487 e. The maximum Gasteiger partial charge on any atom is 0.264 e. The Balaban J connectivity index is 1.08. The molecule has 0 aromatic heterocycles. The van der Waals surface area contributed by atoms with Gasteiger partial charge in [-0.15, -0.1) is 0 Å². The monoisotopic (exact) mass is 803 g/mol. The van der Waals surface area contributed by atoms with Crippen LogP contribution < -0.4 is 14.4 Å². The minimum Gasteiger partial charge on any atom is -0.487 e. The van der Waals surface area contributed by atoms with E-state index in [9.17, 15) is 22.8 Å². The van der Waals surface area contributed by atoms with Gasteiger partial charge < -0.3 is 19.1 Å². The number of amides is 3. The SMILES string of the molecule is C[C@@H]1[C@@H](C)CCC[C@@H]([C@H]2OC[C@H](N3C(=O)c4ccccc4C3=O)CO2)[C@@H]2CC[C@H]2CN2CCCCc3cc(Cl)ccc3COc3ccc(cc32)C(=O)NS1(=O)=O. The van der Waals surface area contributed by atoms with Crippen molar-refractivity contribution in [1.29, 1.82) is 0 Å². The van der Waals surface area contributed by atoms with Crippen molar-refractivity contribution in [3.05, 3.63) is 93.5 Å². The molecule has 0 radical (unpaired) electrons. The number of nitrogens with one attached hydrogen (secondary N) is 1. The zero-order valence-electron chi connectivity index (χ0n) is 32.0. The van der Waals surface area contributed by atoms with E-state index in [-0.39, 0.29) is 48.3 Å². The number of benzene rings is 3. The highest BCUT2D eigenvalue weighted by atomic mass is 35.5. The number of carbonyl (C=O) groups excluding carboxylic acids is 3. The van der Waals surface area contributed by atoms with Crippen molar-refractivity contribution in [2.24, 2.45) is 23.7 Å². The standard InChI is InChI=1S/C43H50ClN3O8S/c1-26-8-7-12-37(43-54-24-33(25-55-43)47-41(49)35-10-3-4-11-36(35)42(47)50)34-17-14-30(34)22-46-19-6-5-9-28-20-32(44)16-13-31(28)23-53-39-18-15-29(21-38(39)46)40(48)45-56(51,52)27(26)2/h3-4,10-11,13,15-16,18,20-21,26-27,30,33-34,37,43H,5-9,12,14,17,19,22-25H2,1-2H3,(H,45,48)/t26-,27+,30-,33-,34+,37+,43-/m0/s1. The molecule has 3 amide bonds. The number of imide groups is 1. The van der Waals surface area contributed by atoms with Crippen molar-refractivity contribution >= 4 is 45.0 Å². The number of fused-ring (bicyclic) bond motifs is 4. The smallest absolute Gasteiger partial charge is 0.264 e. The predicted octanol–water partition coefficient (Wildman–Crippen LogP) is 7.01. The van der Waals surface area contributed by atoms with Crippen molar-refractivity contribution < 1.29 is 37.0 Å². The van der Waals surface area contributed by atoms with Crippen LogP contribution in [0.1, 0.15) is 101 Å². The van der Waals surface area contributed by atoms with Crippen LogP contribution in [-0.2, 0) is 32.5 Å². The fourth-order valence-electron chi connectivity index (χ4n) is 9.24. The number of rotatable bonds is 2. The molecule has 1 N–H and O–H groups in total. The summed E-state index contributed by atoms with van der Waals surface area (Å²) in [6, 6.07) is 17.4.